The van der Waals surface area contributed by atoms with Gasteiger partial charge in [-0.05, 0) is 104 Å². The predicted molar refractivity (Wildman–Crippen MR) is 265 cm³/mol. The summed E-state index contributed by atoms with van der Waals surface area (Å²) in [5, 5.41) is 2.21. The molecule has 1 aliphatic rings. The number of nitrogens with zero attached hydrogens (tertiary/aromatic N) is 2. The SMILES string of the molecule is CC1(C)c2cc(-c3cccc(-c4cc(-c5cc(-c6ccccc6)cc(-c6cccc7c6oc6ccccc67)c5)nc(-c5ccccc5)n4)c3)ccc2-c2c(-c3ccccc3)cccc21. The number of hydrogen-bond donors (Lipinski definition) is 0. The average Bonchev–Trinajstić information content (AvgIpc) is 3.86. The summed E-state index contributed by atoms with van der Waals surface area (Å²) in [7, 11) is 0. The fourth-order valence-electron chi connectivity index (χ4n) is 9.85. The van der Waals surface area contributed by atoms with Gasteiger partial charge in [0.05, 0.1) is 11.4 Å². The van der Waals surface area contributed by atoms with E-state index < -0.39 is 0 Å². The predicted octanol–water partition coefficient (Wildman–Crippen LogP) is 16.4. The molecule has 3 nitrogen and oxygen atoms in total. The van der Waals surface area contributed by atoms with E-state index in [1.165, 1.54) is 38.9 Å². The molecule has 0 bridgehead atoms. The van der Waals surface area contributed by atoms with Crippen molar-refractivity contribution in [2.45, 2.75) is 19.3 Å². The van der Waals surface area contributed by atoms with Crippen molar-refractivity contribution in [3.05, 3.63) is 230 Å². The normalized spacial score (nSPS) is 12.7. The summed E-state index contributed by atoms with van der Waals surface area (Å²) in [6.07, 6.45) is 0. The first-order valence-corrected chi connectivity index (χ1v) is 22.0. The molecule has 2 heterocycles. The molecule has 302 valence electrons. The van der Waals surface area contributed by atoms with E-state index in [1.54, 1.807) is 0 Å². The number of furan rings is 1. The van der Waals surface area contributed by atoms with Gasteiger partial charge in [-0.25, -0.2) is 9.97 Å². The molecular formula is C61H42N2O. The summed E-state index contributed by atoms with van der Waals surface area (Å²) >= 11 is 0. The van der Waals surface area contributed by atoms with Crippen molar-refractivity contribution in [2.24, 2.45) is 0 Å². The Morgan fingerprint density at radius 3 is 1.70 bits per heavy atom. The minimum absolute atomic E-state index is 0.154. The van der Waals surface area contributed by atoms with Crippen molar-refractivity contribution < 1.29 is 4.42 Å². The van der Waals surface area contributed by atoms with Crippen LogP contribution < -0.4 is 0 Å². The molecule has 11 aromatic rings. The van der Waals surface area contributed by atoms with E-state index in [1.807, 2.05) is 30.3 Å². The van der Waals surface area contributed by atoms with Crippen LogP contribution in [0, 0.1) is 0 Å². The summed E-state index contributed by atoms with van der Waals surface area (Å²) in [6.45, 7) is 4.71. The first kappa shape index (κ1) is 37.6. The van der Waals surface area contributed by atoms with Crippen LogP contribution in [0.15, 0.2) is 223 Å². The molecule has 0 atom stereocenters. The Morgan fingerprint density at radius 2 is 0.906 bits per heavy atom. The Balaban J connectivity index is 0.999. The maximum Gasteiger partial charge on any atom is 0.160 e. The van der Waals surface area contributed by atoms with Crippen molar-refractivity contribution >= 4 is 21.9 Å². The lowest BCUT2D eigenvalue weighted by Gasteiger charge is -2.22. The van der Waals surface area contributed by atoms with Gasteiger partial charge in [0.25, 0.3) is 0 Å². The van der Waals surface area contributed by atoms with Crippen molar-refractivity contribution in [2.75, 3.05) is 0 Å². The zero-order valence-electron chi connectivity index (χ0n) is 35.6. The lowest BCUT2D eigenvalue weighted by Crippen LogP contribution is -2.15. The lowest BCUT2D eigenvalue weighted by atomic mass is 9.81. The van der Waals surface area contributed by atoms with Crippen LogP contribution >= 0.6 is 0 Å². The third-order valence-corrected chi connectivity index (χ3v) is 13.1. The van der Waals surface area contributed by atoms with E-state index in [4.69, 9.17) is 14.4 Å². The summed E-state index contributed by atoms with van der Waals surface area (Å²) < 4.78 is 6.58. The molecule has 2 aromatic heterocycles. The molecule has 0 saturated carbocycles. The molecule has 64 heavy (non-hydrogen) atoms. The molecular weight excluding hydrogens is 777 g/mol. The van der Waals surface area contributed by atoms with Gasteiger partial charge in [0.15, 0.2) is 5.82 Å². The Hall–Kier alpha value is -8.14. The van der Waals surface area contributed by atoms with Gasteiger partial charge in [-0.2, -0.15) is 0 Å². The minimum Gasteiger partial charge on any atom is -0.455 e. The molecule has 1 aliphatic carbocycles. The highest BCUT2D eigenvalue weighted by Gasteiger charge is 2.37. The molecule has 0 radical (unpaired) electrons. The van der Waals surface area contributed by atoms with Crippen LogP contribution in [0.25, 0.3) is 111 Å². The van der Waals surface area contributed by atoms with E-state index in [0.717, 1.165) is 77.8 Å². The summed E-state index contributed by atoms with van der Waals surface area (Å²) in [6, 6.07) is 77.8. The van der Waals surface area contributed by atoms with Gasteiger partial charge >= 0.3 is 0 Å². The summed E-state index contributed by atoms with van der Waals surface area (Å²) in [5.74, 6) is 0.677. The average molecular weight is 819 g/mol. The van der Waals surface area contributed by atoms with Crippen LogP contribution in [0.4, 0.5) is 0 Å². The fourth-order valence-corrected chi connectivity index (χ4v) is 9.85. The van der Waals surface area contributed by atoms with Gasteiger partial charge in [0.1, 0.15) is 11.2 Å². The number of rotatable bonds is 7. The van der Waals surface area contributed by atoms with Crippen LogP contribution in [0.3, 0.4) is 0 Å². The van der Waals surface area contributed by atoms with Gasteiger partial charge in [-0.3, -0.25) is 0 Å². The van der Waals surface area contributed by atoms with Crippen molar-refractivity contribution in [1.82, 2.24) is 9.97 Å². The second kappa shape index (κ2) is 15.0. The van der Waals surface area contributed by atoms with E-state index in [-0.39, 0.29) is 5.41 Å². The summed E-state index contributed by atoms with van der Waals surface area (Å²) in [4.78, 5) is 10.6. The summed E-state index contributed by atoms with van der Waals surface area (Å²) in [5.41, 5.74) is 20.8. The third kappa shape index (κ3) is 6.36. The first-order valence-electron chi connectivity index (χ1n) is 22.0. The maximum atomic E-state index is 6.58. The smallest absolute Gasteiger partial charge is 0.160 e. The second-order valence-corrected chi connectivity index (χ2v) is 17.3. The Labute approximate surface area is 373 Å². The number of para-hydroxylation sites is 2. The van der Waals surface area contributed by atoms with Crippen LogP contribution in [0.1, 0.15) is 25.0 Å². The van der Waals surface area contributed by atoms with E-state index in [2.05, 4.69) is 202 Å². The molecule has 0 spiro atoms. The quantitative estimate of drug-likeness (QED) is 0.161. The van der Waals surface area contributed by atoms with Crippen LogP contribution in [-0.4, -0.2) is 9.97 Å². The second-order valence-electron chi connectivity index (χ2n) is 17.3. The molecule has 0 unspecified atom stereocenters. The van der Waals surface area contributed by atoms with E-state index >= 15 is 0 Å². The van der Waals surface area contributed by atoms with Crippen molar-refractivity contribution in [1.29, 1.82) is 0 Å². The largest absolute Gasteiger partial charge is 0.455 e. The Kier molecular flexibility index (Phi) is 8.84. The molecule has 0 fully saturated rings. The standard InChI is InChI=1S/C61H42N2O/c1-61(2)53-29-16-26-48(40-19-8-4-9-20-40)58(53)52-32-31-43(37-54(52)61)42-23-14-24-44(33-42)55-38-56(63-60(62-55)41-21-10-5-11-22-41)47-35-45(39-17-6-3-7-18-39)34-46(36-47)49-27-15-28-51-50-25-12-13-30-57(50)64-59(49)51/h3-38H,1-2H3. The zero-order chi connectivity index (χ0) is 42.8. The molecule has 9 aromatic carbocycles. The Morgan fingerprint density at radius 1 is 0.344 bits per heavy atom. The van der Waals surface area contributed by atoms with Gasteiger partial charge in [-0.15, -0.1) is 0 Å². The zero-order valence-corrected chi connectivity index (χ0v) is 35.6. The molecule has 0 N–H and O–H groups in total. The molecule has 0 aliphatic heterocycles. The highest BCUT2D eigenvalue weighted by Crippen LogP contribution is 2.53. The van der Waals surface area contributed by atoms with Crippen LogP contribution in [0.2, 0.25) is 0 Å². The monoisotopic (exact) mass is 818 g/mol. The highest BCUT2D eigenvalue weighted by molar-refractivity contribution is 6.10. The first-order chi connectivity index (χ1) is 31.5. The molecule has 0 saturated heterocycles. The van der Waals surface area contributed by atoms with E-state index in [0.29, 0.717) is 5.82 Å². The number of benzene rings is 9. The number of aromatic nitrogens is 2. The van der Waals surface area contributed by atoms with Crippen LogP contribution in [-0.2, 0) is 5.41 Å². The lowest BCUT2D eigenvalue weighted by molar-refractivity contribution is 0.660. The van der Waals surface area contributed by atoms with Crippen molar-refractivity contribution in [3.63, 3.8) is 0 Å². The topological polar surface area (TPSA) is 38.9 Å². The van der Waals surface area contributed by atoms with Gasteiger partial charge in [0.2, 0.25) is 0 Å². The molecule has 12 rings (SSSR count). The van der Waals surface area contributed by atoms with Gasteiger partial charge in [-0.1, -0.05) is 190 Å². The van der Waals surface area contributed by atoms with Crippen LogP contribution in [0.5, 0.6) is 0 Å². The minimum atomic E-state index is -0.154. The molecule has 0 amide bonds. The van der Waals surface area contributed by atoms with Crippen molar-refractivity contribution in [3.8, 4) is 89.5 Å². The number of fused-ring (bicyclic) bond motifs is 6. The third-order valence-electron chi connectivity index (χ3n) is 13.1. The Bertz CT molecular complexity index is 3570. The number of hydrogen-bond acceptors (Lipinski definition) is 3. The fraction of sp³-hybridized carbons (Fsp3) is 0.0492. The van der Waals surface area contributed by atoms with Gasteiger partial charge in [0, 0.05) is 38.4 Å². The highest BCUT2D eigenvalue weighted by atomic mass is 16.3. The molecule has 3 heteroatoms. The van der Waals surface area contributed by atoms with E-state index in [9.17, 15) is 0 Å². The van der Waals surface area contributed by atoms with Gasteiger partial charge < -0.3 is 4.42 Å². The maximum absolute atomic E-state index is 6.58.